The Bertz CT molecular complexity index is 1090. The van der Waals surface area contributed by atoms with Crippen molar-refractivity contribution in [1.29, 1.82) is 0 Å². The summed E-state index contributed by atoms with van der Waals surface area (Å²) in [5, 5.41) is 0.793. The van der Waals surface area contributed by atoms with E-state index in [-0.39, 0.29) is 0 Å². The molecule has 4 nitrogen and oxygen atoms in total. The van der Waals surface area contributed by atoms with Gasteiger partial charge in [0.25, 0.3) is 0 Å². The van der Waals surface area contributed by atoms with Gasteiger partial charge in [-0.25, -0.2) is 9.78 Å². The highest BCUT2D eigenvalue weighted by Gasteiger charge is 2.21. The smallest absolute Gasteiger partial charge is 0.350 e. The number of methoxy groups -OCH3 is 1. The van der Waals surface area contributed by atoms with Gasteiger partial charge < -0.3 is 10.5 Å². The quantitative estimate of drug-likeness (QED) is 0.522. The largest absolute Gasteiger partial charge is 0.465 e. The van der Waals surface area contributed by atoms with Crippen LogP contribution < -0.4 is 5.73 Å². The summed E-state index contributed by atoms with van der Waals surface area (Å²) < 4.78 is 4.87. The molecule has 4 rings (SSSR count). The van der Waals surface area contributed by atoms with Gasteiger partial charge >= 0.3 is 5.97 Å². The Kier molecular flexibility index (Phi) is 4.14. The number of carbonyl (C=O) groups excluding carboxylic acids is 1. The molecule has 0 aliphatic carbocycles. The van der Waals surface area contributed by atoms with Crippen LogP contribution in [0.5, 0.6) is 0 Å². The molecule has 0 aliphatic heterocycles. The maximum absolute atomic E-state index is 12.1. The lowest BCUT2D eigenvalue weighted by Crippen LogP contribution is -2.01. The van der Waals surface area contributed by atoms with Gasteiger partial charge in [0.1, 0.15) is 9.71 Å². The molecular weight excluding hydrogens is 344 g/mol. The average molecular weight is 360 g/mol. The van der Waals surface area contributed by atoms with Gasteiger partial charge in [-0.3, -0.25) is 0 Å². The van der Waals surface area contributed by atoms with Gasteiger partial charge in [0.15, 0.2) is 0 Å². The van der Waals surface area contributed by atoms with Crippen molar-refractivity contribution in [3.63, 3.8) is 0 Å². The monoisotopic (exact) mass is 360 g/mol. The van der Waals surface area contributed by atoms with Crippen LogP contribution in [0.15, 0.2) is 66.7 Å². The van der Waals surface area contributed by atoms with Crippen LogP contribution in [-0.2, 0) is 4.74 Å². The van der Waals surface area contributed by atoms with E-state index in [4.69, 9.17) is 15.5 Å². The van der Waals surface area contributed by atoms with E-state index < -0.39 is 5.97 Å². The second-order valence-corrected chi connectivity index (χ2v) is 6.80. The Hall–Kier alpha value is -3.18. The average Bonchev–Trinajstić information content (AvgIpc) is 3.04. The van der Waals surface area contributed by atoms with Crippen LogP contribution in [0, 0.1) is 0 Å². The molecule has 0 spiro atoms. The van der Waals surface area contributed by atoms with Gasteiger partial charge in [0.05, 0.1) is 18.5 Å². The predicted molar refractivity (Wildman–Crippen MR) is 106 cm³/mol. The Morgan fingerprint density at radius 1 is 1.00 bits per heavy atom. The number of aromatic nitrogens is 1. The number of benzene rings is 2. The van der Waals surface area contributed by atoms with Gasteiger partial charge in [0.2, 0.25) is 0 Å². The first-order valence-electron chi connectivity index (χ1n) is 8.11. The molecule has 0 bridgehead atoms. The number of fused-ring (bicyclic) bond motifs is 1. The first-order chi connectivity index (χ1) is 12.7. The summed E-state index contributed by atoms with van der Waals surface area (Å²) in [6, 6.07) is 22.0. The Morgan fingerprint density at radius 2 is 1.62 bits per heavy atom. The Balaban J connectivity index is 2.05. The number of nitrogens with zero attached hydrogens (tertiary/aromatic N) is 1. The number of carbonyl (C=O) groups is 1. The minimum Gasteiger partial charge on any atom is -0.465 e. The van der Waals surface area contributed by atoms with Crippen molar-refractivity contribution in [1.82, 2.24) is 4.98 Å². The topological polar surface area (TPSA) is 65.2 Å². The van der Waals surface area contributed by atoms with Crippen LogP contribution in [-0.4, -0.2) is 18.1 Å². The SMILES string of the molecule is COC(=O)c1sc2nc(-c3ccccc3)cc(-c3ccccc3)c2c1N. The number of pyridine rings is 1. The highest BCUT2D eigenvalue weighted by molar-refractivity contribution is 7.21. The molecule has 26 heavy (non-hydrogen) atoms. The van der Waals surface area contributed by atoms with E-state index in [1.807, 2.05) is 66.7 Å². The number of thiophene rings is 1. The van der Waals surface area contributed by atoms with Gasteiger partial charge in [-0.2, -0.15) is 0 Å². The molecule has 5 heteroatoms. The minimum atomic E-state index is -0.439. The van der Waals surface area contributed by atoms with Crippen molar-refractivity contribution in [2.45, 2.75) is 0 Å². The molecule has 2 aromatic heterocycles. The fourth-order valence-electron chi connectivity index (χ4n) is 2.97. The fourth-order valence-corrected chi connectivity index (χ4v) is 4.01. The zero-order valence-corrected chi connectivity index (χ0v) is 14.9. The molecule has 2 N–H and O–H groups in total. The molecule has 2 aromatic carbocycles. The standard InChI is InChI=1S/C21H16N2O2S/c1-25-21(24)19-18(22)17-15(13-8-4-2-5-9-13)12-16(23-20(17)26-19)14-10-6-3-7-11-14/h2-12H,22H2,1H3. The third-order valence-electron chi connectivity index (χ3n) is 4.22. The Morgan fingerprint density at radius 3 is 2.23 bits per heavy atom. The molecule has 2 heterocycles. The first kappa shape index (κ1) is 16.3. The van der Waals surface area contributed by atoms with Crippen molar-refractivity contribution in [2.75, 3.05) is 12.8 Å². The third-order valence-corrected chi connectivity index (χ3v) is 5.30. The molecule has 0 amide bonds. The van der Waals surface area contributed by atoms with Crippen LogP contribution in [0.3, 0.4) is 0 Å². The van der Waals surface area contributed by atoms with Gasteiger partial charge in [-0.15, -0.1) is 11.3 Å². The summed E-state index contributed by atoms with van der Waals surface area (Å²) in [4.78, 5) is 18.0. The second kappa shape index (κ2) is 6.61. The van der Waals surface area contributed by atoms with Crippen LogP contribution in [0.2, 0.25) is 0 Å². The molecule has 0 fully saturated rings. The summed E-state index contributed by atoms with van der Waals surface area (Å²) in [6.07, 6.45) is 0. The van der Waals surface area contributed by atoms with E-state index in [0.717, 1.165) is 32.6 Å². The van der Waals surface area contributed by atoms with Crippen molar-refractivity contribution in [3.05, 3.63) is 71.6 Å². The number of hydrogen-bond donors (Lipinski definition) is 1. The summed E-state index contributed by atoms with van der Waals surface area (Å²) in [5.74, 6) is -0.439. The number of hydrogen-bond acceptors (Lipinski definition) is 5. The number of ether oxygens (including phenoxy) is 1. The van der Waals surface area contributed by atoms with Gasteiger partial charge in [-0.1, -0.05) is 60.7 Å². The fraction of sp³-hybridized carbons (Fsp3) is 0.0476. The van der Waals surface area contributed by atoms with Crippen LogP contribution in [0.1, 0.15) is 9.67 Å². The van der Waals surface area contributed by atoms with E-state index in [1.165, 1.54) is 18.4 Å². The van der Waals surface area contributed by atoms with Crippen molar-refractivity contribution in [2.24, 2.45) is 0 Å². The molecular formula is C21H16N2O2S. The van der Waals surface area contributed by atoms with E-state index in [9.17, 15) is 4.79 Å². The molecule has 0 atom stereocenters. The van der Waals surface area contributed by atoms with Gasteiger partial charge in [0, 0.05) is 10.9 Å². The summed E-state index contributed by atoms with van der Waals surface area (Å²) in [6.45, 7) is 0. The van der Waals surface area contributed by atoms with Crippen molar-refractivity contribution >= 4 is 33.2 Å². The number of esters is 1. The zero-order chi connectivity index (χ0) is 18.1. The highest BCUT2D eigenvalue weighted by atomic mass is 32.1. The van der Waals surface area contributed by atoms with Gasteiger partial charge in [-0.05, 0) is 17.2 Å². The summed E-state index contributed by atoms with van der Waals surface area (Å²) >= 11 is 1.26. The van der Waals surface area contributed by atoms with E-state index in [0.29, 0.717) is 10.6 Å². The van der Waals surface area contributed by atoms with Crippen LogP contribution in [0.25, 0.3) is 32.6 Å². The molecule has 128 valence electrons. The van der Waals surface area contributed by atoms with Crippen molar-refractivity contribution in [3.8, 4) is 22.4 Å². The maximum atomic E-state index is 12.1. The number of nitrogens with two attached hydrogens (primary N) is 1. The summed E-state index contributed by atoms with van der Waals surface area (Å²) in [5.41, 5.74) is 10.6. The van der Waals surface area contributed by atoms with Crippen LogP contribution in [0.4, 0.5) is 5.69 Å². The van der Waals surface area contributed by atoms with E-state index >= 15 is 0 Å². The lowest BCUT2D eigenvalue weighted by molar-refractivity contribution is 0.0607. The van der Waals surface area contributed by atoms with E-state index in [2.05, 4.69) is 0 Å². The predicted octanol–water partition coefficient (Wildman–Crippen LogP) is 5.00. The number of nitrogen functional groups attached to an aromatic ring is 1. The lowest BCUT2D eigenvalue weighted by atomic mass is 9.99. The lowest BCUT2D eigenvalue weighted by Gasteiger charge is -2.08. The molecule has 0 aliphatic rings. The van der Waals surface area contributed by atoms with Crippen LogP contribution >= 0.6 is 11.3 Å². The first-order valence-corrected chi connectivity index (χ1v) is 8.93. The maximum Gasteiger partial charge on any atom is 0.350 e. The number of rotatable bonds is 3. The number of anilines is 1. The normalized spacial score (nSPS) is 10.8. The third kappa shape index (κ3) is 2.72. The molecule has 0 saturated carbocycles. The highest BCUT2D eigenvalue weighted by Crippen LogP contribution is 2.41. The Labute approximate surface area is 154 Å². The van der Waals surface area contributed by atoms with Crippen molar-refractivity contribution < 1.29 is 9.53 Å². The molecule has 0 saturated heterocycles. The molecule has 4 aromatic rings. The summed E-state index contributed by atoms with van der Waals surface area (Å²) in [7, 11) is 1.35. The minimum absolute atomic E-state index is 0.386. The molecule has 0 radical (unpaired) electrons. The second-order valence-electron chi connectivity index (χ2n) is 5.80. The molecule has 0 unspecified atom stereocenters. The zero-order valence-electron chi connectivity index (χ0n) is 14.1. The van der Waals surface area contributed by atoms with E-state index in [1.54, 1.807) is 0 Å².